The molecule has 0 saturated carbocycles. The predicted molar refractivity (Wildman–Crippen MR) is 100 cm³/mol. The number of hydrogen-bond acceptors (Lipinski definition) is 5. The number of benzene rings is 2. The number of rotatable bonds is 5. The molecule has 0 aliphatic rings. The summed E-state index contributed by atoms with van der Waals surface area (Å²) in [5, 5.41) is 17.6. The summed E-state index contributed by atoms with van der Waals surface area (Å²) in [6.45, 7) is 3.53. The average Bonchev–Trinajstić information content (AvgIpc) is 2.91. The summed E-state index contributed by atoms with van der Waals surface area (Å²) in [6, 6.07) is 10.4. The lowest BCUT2D eigenvalue weighted by molar-refractivity contribution is -0.385. The smallest absolute Gasteiger partial charge is 0.276 e. The minimum Gasteiger partial charge on any atom is -0.436 e. The number of non-ortho nitro benzene ring substituents is 1. The van der Waals surface area contributed by atoms with Crippen LogP contribution in [0.3, 0.4) is 0 Å². The van der Waals surface area contributed by atoms with Gasteiger partial charge in [0.05, 0.1) is 11.0 Å². The van der Waals surface area contributed by atoms with Crippen LogP contribution in [0, 0.1) is 29.8 Å². The van der Waals surface area contributed by atoms with Crippen molar-refractivity contribution < 1.29 is 18.8 Å². The van der Waals surface area contributed by atoms with Crippen molar-refractivity contribution in [1.29, 1.82) is 0 Å². The molecule has 0 saturated heterocycles. The summed E-state index contributed by atoms with van der Waals surface area (Å²) in [4.78, 5) is 22.6. The summed E-state index contributed by atoms with van der Waals surface area (Å²) in [6.07, 6.45) is 0. The van der Waals surface area contributed by atoms with E-state index in [9.17, 15) is 19.3 Å². The number of nitro groups is 1. The molecule has 0 radical (unpaired) electrons. The first kappa shape index (κ1) is 19.0. The van der Waals surface area contributed by atoms with E-state index in [1.807, 2.05) is 25.1 Å². The Morgan fingerprint density at radius 2 is 2.00 bits per heavy atom. The van der Waals surface area contributed by atoms with Crippen molar-refractivity contribution in [1.82, 2.24) is 9.78 Å². The molecule has 1 N–H and O–H groups in total. The third-order valence-electron chi connectivity index (χ3n) is 4.04. The standard InChI is InChI=1S/C19H17FN4O4/c1-11-5-4-6-13(9-11)21-18(25)17-12(2)19(23(3)22-17)28-16-8-7-14(24(26)27)10-15(16)20/h4-10H,1-3H3,(H,21,25). The van der Waals surface area contributed by atoms with Crippen LogP contribution in [0.5, 0.6) is 11.6 Å². The van der Waals surface area contributed by atoms with Crippen molar-refractivity contribution in [3.63, 3.8) is 0 Å². The van der Waals surface area contributed by atoms with Crippen molar-refractivity contribution >= 4 is 17.3 Å². The molecule has 0 spiro atoms. The predicted octanol–water partition coefficient (Wildman–Crippen LogP) is 4.13. The van der Waals surface area contributed by atoms with Crippen molar-refractivity contribution in [3.05, 3.63) is 75.2 Å². The molecule has 0 bridgehead atoms. The molecule has 1 heterocycles. The SMILES string of the molecule is Cc1cccc(NC(=O)c2nn(C)c(Oc3ccc([N+](=O)[O-])cc3F)c2C)c1. The van der Waals surface area contributed by atoms with Gasteiger partial charge in [0, 0.05) is 24.4 Å². The zero-order valence-corrected chi connectivity index (χ0v) is 15.4. The highest BCUT2D eigenvalue weighted by atomic mass is 19.1. The third-order valence-corrected chi connectivity index (χ3v) is 4.04. The van der Waals surface area contributed by atoms with Gasteiger partial charge in [-0.2, -0.15) is 5.10 Å². The minimum atomic E-state index is -0.888. The van der Waals surface area contributed by atoms with Gasteiger partial charge in [-0.3, -0.25) is 14.9 Å². The molecular formula is C19H17FN4O4. The molecular weight excluding hydrogens is 367 g/mol. The fraction of sp³-hybridized carbons (Fsp3) is 0.158. The molecule has 2 aromatic carbocycles. The van der Waals surface area contributed by atoms with Gasteiger partial charge in [0.15, 0.2) is 17.3 Å². The fourth-order valence-corrected chi connectivity index (χ4v) is 2.68. The highest BCUT2D eigenvalue weighted by molar-refractivity contribution is 6.04. The van der Waals surface area contributed by atoms with Crippen LogP contribution in [0.1, 0.15) is 21.6 Å². The second-order valence-electron chi connectivity index (χ2n) is 6.20. The lowest BCUT2D eigenvalue weighted by Gasteiger charge is -2.08. The monoisotopic (exact) mass is 384 g/mol. The summed E-state index contributed by atoms with van der Waals surface area (Å²) in [7, 11) is 1.55. The van der Waals surface area contributed by atoms with E-state index in [4.69, 9.17) is 4.74 Å². The minimum absolute atomic E-state index is 0.126. The molecule has 0 aliphatic carbocycles. The lowest BCUT2D eigenvalue weighted by atomic mass is 10.2. The molecule has 3 aromatic rings. The van der Waals surface area contributed by atoms with Gasteiger partial charge >= 0.3 is 0 Å². The zero-order valence-electron chi connectivity index (χ0n) is 15.4. The van der Waals surface area contributed by atoms with Crippen LogP contribution in [0.2, 0.25) is 0 Å². The highest BCUT2D eigenvalue weighted by Gasteiger charge is 2.22. The van der Waals surface area contributed by atoms with Crippen LogP contribution in [0.4, 0.5) is 15.8 Å². The first-order chi connectivity index (χ1) is 13.3. The summed E-state index contributed by atoms with van der Waals surface area (Å²) in [5.74, 6) is -1.37. The van der Waals surface area contributed by atoms with E-state index in [1.165, 1.54) is 4.68 Å². The Morgan fingerprint density at radius 1 is 1.25 bits per heavy atom. The normalized spacial score (nSPS) is 10.6. The average molecular weight is 384 g/mol. The van der Waals surface area contributed by atoms with E-state index in [0.717, 1.165) is 23.8 Å². The van der Waals surface area contributed by atoms with Crippen molar-refractivity contribution in [2.75, 3.05) is 5.32 Å². The molecule has 28 heavy (non-hydrogen) atoms. The van der Waals surface area contributed by atoms with Crippen LogP contribution in [-0.4, -0.2) is 20.6 Å². The Morgan fingerprint density at radius 3 is 2.64 bits per heavy atom. The lowest BCUT2D eigenvalue weighted by Crippen LogP contribution is -2.14. The largest absolute Gasteiger partial charge is 0.436 e. The van der Waals surface area contributed by atoms with E-state index in [1.54, 1.807) is 20.0 Å². The Labute approximate surface area is 159 Å². The van der Waals surface area contributed by atoms with Gasteiger partial charge in [-0.25, -0.2) is 9.07 Å². The number of carbonyl (C=O) groups is 1. The number of aryl methyl sites for hydroxylation is 2. The molecule has 3 rings (SSSR count). The van der Waals surface area contributed by atoms with Gasteiger partial charge in [0.1, 0.15) is 0 Å². The van der Waals surface area contributed by atoms with E-state index < -0.39 is 16.6 Å². The number of carbonyl (C=O) groups excluding carboxylic acids is 1. The van der Waals surface area contributed by atoms with Gasteiger partial charge in [-0.15, -0.1) is 0 Å². The van der Waals surface area contributed by atoms with Crippen LogP contribution in [0.25, 0.3) is 0 Å². The van der Waals surface area contributed by atoms with Crippen molar-refractivity contribution in [3.8, 4) is 11.6 Å². The first-order valence-corrected chi connectivity index (χ1v) is 8.29. The number of hydrogen-bond donors (Lipinski definition) is 1. The van der Waals surface area contributed by atoms with E-state index >= 15 is 0 Å². The van der Waals surface area contributed by atoms with Gasteiger partial charge < -0.3 is 10.1 Å². The van der Waals surface area contributed by atoms with Crippen molar-refractivity contribution in [2.24, 2.45) is 7.05 Å². The zero-order chi connectivity index (χ0) is 20.4. The van der Waals surface area contributed by atoms with E-state index in [0.29, 0.717) is 11.3 Å². The molecule has 1 aromatic heterocycles. The number of aromatic nitrogens is 2. The summed E-state index contributed by atoms with van der Waals surface area (Å²) < 4.78 is 20.9. The highest BCUT2D eigenvalue weighted by Crippen LogP contribution is 2.30. The van der Waals surface area contributed by atoms with Crippen LogP contribution < -0.4 is 10.1 Å². The molecule has 0 aliphatic heterocycles. The van der Waals surface area contributed by atoms with Gasteiger partial charge in [0.2, 0.25) is 5.88 Å². The first-order valence-electron chi connectivity index (χ1n) is 8.29. The molecule has 0 unspecified atom stereocenters. The topological polar surface area (TPSA) is 99.3 Å². The summed E-state index contributed by atoms with van der Waals surface area (Å²) in [5.41, 5.74) is 1.77. The van der Waals surface area contributed by atoms with Gasteiger partial charge in [-0.05, 0) is 37.6 Å². The second-order valence-corrected chi connectivity index (χ2v) is 6.20. The molecule has 1 amide bonds. The molecule has 8 nitrogen and oxygen atoms in total. The van der Waals surface area contributed by atoms with E-state index in [2.05, 4.69) is 10.4 Å². The quantitative estimate of drug-likeness (QED) is 0.527. The number of amides is 1. The van der Waals surface area contributed by atoms with E-state index in [-0.39, 0.29) is 23.0 Å². The summed E-state index contributed by atoms with van der Waals surface area (Å²) >= 11 is 0. The number of nitrogens with zero attached hydrogens (tertiary/aromatic N) is 3. The van der Waals surface area contributed by atoms with Gasteiger partial charge in [0.25, 0.3) is 11.6 Å². The molecule has 144 valence electrons. The third kappa shape index (κ3) is 3.83. The number of ether oxygens (including phenoxy) is 1. The van der Waals surface area contributed by atoms with Crippen LogP contribution in [-0.2, 0) is 7.05 Å². The maximum Gasteiger partial charge on any atom is 0.276 e. The van der Waals surface area contributed by atoms with Crippen molar-refractivity contribution in [2.45, 2.75) is 13.8 Å². The van der Waals surface area contributed by atoms with Crippen LogP contribution in [0.15, 0.2) is 42.5 Å². The number of anilines is 1. The second kappa shape index (κ2) is 7.47. The fourth-order valence-electron chi connectivity index (χ4n) is 2.68. The Balaban J connectivity index is 1.86. The Kier molecular flexibility index (Phi) is 5.08. The maximum atomic E-state index is 14.1. The Bertz CT molecular complexity index is 1080. The molecule has 0 fully saturated rings. The number of halogens is 1. The number of nitrogens with one attached hydrogen (secondary N) is 1. The number of nitro benzene ring substituents is 1. The van der Waals surface area contributed by atoms with Gasteiger partial charge in [-0.1, -0.05) is 12.1 Å². The Hall–Kier alpha value is -3.75. The molecule has 0 atom stereocenters. The van der Waals surface area contributed by atoms with Crippen LogP contribution >= 0.6 is 0 Å². The maximum absolute atomic E-state index is 14.1. The molecule has 9 heteroatoms.